The molecular weight excluding hydrogens is 416 g/mol. The molecular formula is C26H32N4O3. The Kier molecular flexibility index (Phi) is 6.49. The van der Waals surface area contributed by atoms with Gasteiger partial charge in [0.25, 0.3) is 0 Å². The summed E-state index contributed by atoms with van der Waals surface area (Å²) in [6, 6.07) is 12.1. The van der Waals surface area contributed by atoms with Crippen LogP contribution < -0.4 is 0 Å². The number of nitrogens with zero attached hydrogens (tertiary/aromatic N) is 4. The lowest BCUT2D eigenvalue weighted by atomic mass is 9.72. The Morgan fingerprint density at radius 3 is 2.64 bits per heavy atom. The minimum atomic E-state index is -0.704. The number of hydrogen-bond donors (Lipinski definition) is 0. The largest absolute Gasteiger partial charge is 0.348 e. The fraction of sp³-hybridized carbons (Fsp3) is 0.462. The molecule has 0 radical (unpaired) electrons. The van der Waals surface area contributed by atoms with Crippen LogP contribution in [0.15, 0.2) is 48.8 Å². The Bertz CT molecular complexity index is 1040. The van der Waals surface area contributed by atoms with Crippen molar-refractivity contribution in [1.82, 2.24) is 19.7 Å². The van der Waals surface area contributed by atoms with Crippen LogP contribution in [0.1, 0.15) is 24.8 Å². The molecule has 7 nitrogen and oxygen atoms in total. The van der Waals surface area contributed by atoms with Crippen molar-refractivity contribution in [2.24, 2.45) is 11.3 Å². The normalized spacial score (nSPS) is 23.0. The first-order chi connectivity index (χ1) is 15.8. The second kappa shape index (κ2) is 9.33. The quantitative estimate of drug-likeness (QED) is 0.704. The number of hydrogen-bond acceptors (Lipinski definition) is 4. The van der Waals surface area contributed by atoms with Gasteiger partial charge in [0.2, 0.25) is 17.7 Å². The fourth-order valence-electron chi connectivity index (χ4n) is 5.32. The van der Waals surface area contributed by atoms with E-state index in [1.807, 2.05) is 35.4 Å². The van der Waals surface area contributed by atoms with E-state index in [1.165, 1.54) is 0 Å². The minimum Gasteiger partial charge on any atom is -0.348 e. The van der Waals surface area contributed by atoms with Crippen molar-refractivity contribution in [1.29, 1.82) is 0 Å². The predicted molar refractivity (Wildman–Crippen MR) is 126 cm³/mol. The van der Waals surface area contributed by atoms with Gasteiger partial charge < -0.3 is 14.7 Å². The number of carbonyl (C=O) groups is 3. The number of benzene rings is 1. The van der Waals surface area contributed by atoms with Crippen LogP contribution >= 0.6 is 0 Å². The van der Waals surface area contributed by atoms with Gasteiger partial charge in [0.1, 0.15) is 0 Å². The third-order valence-corrected chi connectivity index (χ3v) is 6.96. The molecule has 2 aliphatic heterocycles. The zero-order chi connectivity index (χ0) is 23.6. The van der Waals surface area contributed by atoms with E-state index < -0.39 is 5.41 Å². The molecule has 2 atom stereocenters. The molecule has 2 aromatic rings. The van der Waals surface area contributed by atoms with E-state index in [1.54, 1.807) is 37.1 Å². The van der Waals surface area contributed by atoms with E-state index in [9.17, 15) is 14.4 Å². The van der Waals surface area contributed by atoms with Crippen LogP contribution in [0, 0.1) is 11.3 Å². The van der Waals surface area contributed by atoms with Gasteiger partial charge in [-0.05, 0) is 36.5 Å². The second-order valence-electron chi connectivity index (χ2n) is 9.59. The number of piperidine rings is 1. The molecule has 33 heavy (non-hydrogen) atoms. The third-order valence-electron chi connectivity index (χ3n) is 6.96. The van der Waals surface area contributed by atoms with Crippen LogP contribution in [-0.2, 0) is 20.8 Å². The highest BCUT2D eigenvalue weighted by Gasteiger charge is 2.46. The number of rotatable bonds is 5. The third kappa shape index (κ3) is 4.63. The summed E-state index contributed by atoms with van der Waals surface area (Å²) in [5.74, 6) is -0.286. The van der Waals surface area contributed by atoms with Crippen LogP contribution in [0.5, 0.6) is 0 Å². The summed E-state index contributed by atoms with van der Waals surface area (Å²) in [5.41, 5.74) is 2.44. The first kappa shape index (κ1) is 23.0. The molecule has 2 fully saturated rings. The van der Waals surface area contributed by atoms with Crippen LogP contribution in [0.25, 0.3) is 11.1 Å². The van der Waals surface area contributed by atoms with Crippen LogP contribution in [0.4, 0.5) is 0 Å². The van der Waals surface area contributed by atoms with Gasteiger partial charge >= 0.3 is 0 Å². The summed E-state index contributed by atoms with van der Waals surface area (Å²) in [6.07, 6.45) is 5.87. The Hall–Kier alpha value is -3.22. The number of likely N-dealkylation sites (tertiary alicyclic amines) is 2. The number of pyridine rings is 1. The molecule has 0 unspecified atom stereocenters. The lowest BCUT2D eigenvalue weighted by Crippen LogP contribution is -2.55. The molecule has 2 aliphatic rings. The van der Waals surface area contributed by atoms with Crippen molar-refractivity contribution in [3.63, 3.8) is 0 Å². The highest BCUT2D eigenvalue weighted by Crippen LogP contribution is 2.39. The van der Waals surface area contributed by atoms with Gasteiger partial charge in [-0.25, -0.2) is 0 Å². The first-order valence-corrected chi connectivity index (χ1v) is 11.5. The standard InChI is InChI=1S/C26H32N4O3/c1-28(2)25(33)26(15-19-8-4-5-10-22(19)20-9-6-12-27-16-20)11-7-13-30(18-26)24(32)21-14-23(31)29(3)17-21/h4-6,8-10,12,16,21H,7,11,13-15,17-18H2,1-3H3/t21-,26-/m1/s1. The first-order valence-electron chi connectivity index (χ1n) is 11.5. The molecule has 1 aromatic heterocycles. The van der Waals surface area contributed by atoms with Crippen molar-refractivity contribution in [3.8, 4) is 11.1 Å². The Balaban J connectivity index is 1.65. The minimum absolute atomic E-state index is 0.00592. The van der Waals surface area contributed by atoms with Gasteiger partial charge in [-0.15, -0.1) is 0 Å². The smallest absolute Gasteiger partial charge is 0.230 e. The molecule has 0 aliphatic carbocycles. The van der Waals surface area contributed by atoms with E-state index >= 15 is 0 Å². The van der Waals surface area contributed by atoms with Crippen molar-refractivity contribution in [3.05, 3.63) is 54.4 Å². The number of amides is 3. The van der Waals surface area contributed by atoms with Crippen molar-refractivity contribution in [2.45, 2.75) is 25.7 Å². The highest BCUT2D eigenvalue weighted by molar-refractivity contribution is 5.90. The summed E-state index contributed by atoms with van der Waals surface area (Å²) in [6.45, 7) is 1.45. The van der Waals surface area contributed by atoms with Gasteiger partial charge in [-0.2, -0.15) is 0 Å². The molecule has 0 bridgehead atoms. The lowest BCUT2D eigenvalue weighted by molar-refractivity contribution is -0.149. The van der Waals surface area contributed by atoms with Crippen LogP contribution in [0.3, 0.4) is 0 Å². The van der Waals surface area contributed by atoms with Gasteiger partial charge in [0.05, 0.1) is 11.3 Å². The molecule has 0 N–H and O–H groups in total. The van der Waals surface area contributed by atoms with Crippen molar-refractivity contribution >= 4 is 17.7 Å². The average molecular weight is 449 g/mol. The maximum Gasteiger partial charge on any atom is 0.230 e. The average Bonchev–Trinajstić information content (AvgIpc) is 3.17. The van der Waals surface area contributed by atoms with Gasteiger partial charge in [0, 0.05) is 65.2 Å². The molecule has 3 amide bonds. The highest BCUT2D eigenvalue weighted by atomic mass is 16.2. The molecule has 174 valence electrons. The predicted octanol–water partition coefficient (Wildman–Crippen LogP) is 2.47. The Morgan fingerprint density at radius 2 is 1.97 bits per heavy atom. The Labute approximate surface area is 195 Å². The SMILES string of the molecule is CN(C)C(=O)[C@@]1(Cc2ccccc2-c2cccnc2)CCCN(C(=O)[C@@H]2CC(=O)N(C)C2)C1. The summed E-state index contributed by atoms with van der Waals surface area (Å²) in [5, 5.41) is 0. The van der Waals surface area contributed by atoms with Gasteiger partial charge in [-0.3, -0.25) is 19.4 Å². The van der Waals surface area contributed by atoms with Crippen molar-refractivity contribution in [2.75, 3.05) is 40.8 Å². The molecule has 0 spiro atoms. The second-order valence-corrected chi connectivity index (χ2v) is 9.59. The van der Waals surface area contributed by atoms with Crippen LogP contribution in [0.2, 0.25) is 0 Å². The summed E-state index contributed by atoms with van der Waals surface area (Å²) in [7, 11) is 5.30. The molecule has 7 heteroatoms. The molecule has 4 rings (SSSR count). The topological polar surface area (TPSA) is 73.8 Å². The van der Waals surface area contributed by atoms with E-state index in [0.29, 0.717) is 26.1 Å². The van der Waals surface area contributed by atoms with Crippen molar-refractivity contribution < 1.29 is 14.4 Å². The van der Waals surface area contributed by atoms with Gasteiger partial charge in [-0.1, -0.05) is 30.3 Å². The summed E-state index contributed by atoms with van der Waals surface area (Å²) < 4.78 is 0. The Morgan fingerprint density at radius 1 is 1.18 bits per heavy atom. The maximum atomic E-state index is 13.6. The fourth-order valence-corrected chi connectivity index (χ4v) is 5.32. The van der Waals surface area contributed by atoms with E-state index in [4.69, 9.17) is 0 Å². The number of aromatic nitrogens is 1. The molecule has 3 heterocycles. The monoisotopic (exact) mass is 448 g/mol. The summed E-state index contributed by atoms with van der Waals surface area (Å²) >= 11 is 0. The zero-order valence-corrected chi connectivity index (χ0v) is 19.7. The zero-order valence-electron chi connectivity index (χ0n) is 19.7. The molecule has 1 aromatic carbocycles. The lowest BCUT2D eigenvalue weighted by Gasteiger charge is -2.44. The summed E-state index contributed by atoms with van der Waals surface area (Å²) in [4.78, 5) is 48.3. The van der Waals surface area contributed by atoms with Gasteiger partial charge in [0.15, 0.2) is 0 Å². The van der Waals surface area contributed by atoms with E-state index in [0.717, 1.165) is 29.5 Å². The molecule has 2 saturated heterocycles. The van der Waals surface area contributed by atoms with E-state index in [2.05, 4.69) is 17.1 Å². The number of carbonyl (C=O) groups excluding carboxylic acids is 3. The van der Waals surface area contributed by atoms with Crippen LogP contribution in [-0.4, -0.2) is 78.2 Å². The molecule has 0 saturated carbocycles. The maximum absolute atomic E-state index is 13.6. The van der Waals surface area contributed by atoms with E-state index in [-0.39, 0.29) is 30.1 Å².